The Morgan fingerprint density at radius 1 is 1.17 bits per heavy atom. The third kappa shape index (κ3) is 4.19. The van der Waals surface area contributed by atoms with Gasteiger partial charge in [-0.15, -0.1) is 0 Å². The summed E-state index contributed by atoms with van der Waals surface area (Å²) >= 11 is 0. The Kier molecular flexibility index (Phi) is 5.38. The maximum atomic E-state index is 12.6. The lowest BCUT2D eigenvalue weighted by molar-refractivity contribution is -0.121. The van der Waals surface area contributed by atoms with Crippen molar-refractivity contribution in [1.29, 1.82) is 0 Å². The summed E-state index contributed by atoms with van der Waals surface area (Å²) in [5.41, 5.74) is 6.86. The summed E-state index contributed by atoms with van der Waals surface area (Å²) in [4.78, 5) is 12.6. The molecule has 1 atom stereocenters. The molecule has 4 rings (SSSR count). The second kappa shape index (κ2) is 8.11. The fraction of sp³-hybridized carbons (Fsp3) is 0.333. The number of hydrogen-bond acceptors (Lipinski definition) is 3. The summed E-state index contributed by atoms with van der Waals surface area (Å²) in [6.07, 6.45) is 5.25. The number of ether oxygens (including phenoxy) is 1. The first kappa shape index (κ1) is 19.2. The van der Waals surface area contributed by atoms with E-state index in [0.717, 1.165) is 41.8 Å². The molecular weight excluding hydrogens is 362 g/mol. The molecule has 29 heavy (non-hydrogen) atoms. The van der Waals surface area contributed by atoms with Crippen molar-refractivity contribution >= 4 is 5.91 Å². The van der Waals surface area contributed by atoms with Gasteiger partial charge in [-0.1, -0.05) is 18.2 Å². The summed E-state index contributed by atoms with van der Waals surface area (Å²) in [7, 11) is 1.64. The van der Waals surface area contributed by atoms with Crippen LogP contribution in [0.1, 0.15) is 46.8 Å². The molecule has 0 radical (unpaired) electrons. The molecule has 1 unspecified atom stereocenters. The van der Waals surface area contributed by atoms with Gasteiger partial charge in [0.25, 0.3) is 0 Å². The first-order valence-corrected chi connectivity index (χ1v) is 10.1. The van der Waals surface area contributed by atoms with E-state index in [2.05, 4.69) is 42.5 Å². The molecule has 5 nitrogen and oxygen atoms in total. The van der Waals surface area contributed by atoms with Crippen LogP contribution in [0.3, 0.4) is 0 Å². The number of methoxy groups -OCH3 is 1. The second-order valence-electron chi connectivity index (χ2n) is 7.84. The quantitative estimate of drug-likeness (QED) is 0.710. The summed E-state index contributed by atoms with van der Waals surface area (Å²) < 4.78 is 7.22. The van der Waals surface area contributed by atoms with E-state index in [1.54, 1.807) is 7.11 Å². The monoisotopic (exact) mass is 389 g/mol. The van der Waals surface area contributed by atoms with Gasteiger partial charge in [0.15, 0.2) is 0 Å². The number of hydrogen-bond donors (Lipinski definition) is 1. The highest BCUT2D eigenvalue weighted by molar-refractivity contribution is 5.79. The van der Waals surface area contributed by atoms with E-state index >= 15 is 0 Å². The Balaban J connectivity index is 1.51. The summed E-state index contributed by atoms with van der Waals surface area (Å²) in [6.45, 7) is 4.21. The molecule has 0 fully saturated rings. The van der Waals surface area contributed by atoms with E-state index in [1.165, 1.54) is 16.8 Å². The smallest absolute Gasteiger partial charge is 0.224 e. The number of amides is 1. The molecule has 1 aromatic heterocycles. The average Bonchev–Trinajstić information content (AvgIpc) is 3.13. The fourth-order valence-corrected chi connectivity index (χ4v) is 4.18. The molecule has 1 aliphatic rings. The van der Waals surface area contributed by atoms with Crippen LogP contribution >= 0.6 is 0 Å². The first-order chi connectivity index (χ1) is 14.0. The molecular formula is C24H27N3O2. The number of carbonyl (C=O) groups excluding carboxylic acids is 1. The van der Waals surface area contributed by atoms with Crippen LogP contribution < -0.4 is 10.1 Å². The van der Waals surface area contributed by atoms with Gasteiger partial charge < -0.3 is 10.1 Å². The standard InChI is InChI=1S/C24H27N3O2/c1-16-11-17(2)13-19(12-16)27-23-6-4-5-22(21(23)15-25-27)26-24(28)14-18-7-9-20(29-3)10-8-18/h7-13,15,22H,4-6,14H2,1-3H3,(H,26,28). The number of fused-ring (bicyclic) bond motifs is 1. The molecule has 1 heterocycles. The van der Waals surface area contributed by atoms with E-state index in [1.807, 2.05) is 35.1 Å². The van der Waals surface area contributed by atoms with Gasteiger partial charge >= 0.3 is 0 Å². The van der Waals surface area contributed by atoms with Crippen LogP contribution in [-0.4, -0.2) is 22.8 Å². The van der Waals surface area contributed by atoms with Crippen molar-refractivity contribution in [2.75, 3.05) is 7.11 Å². The molecule has 0 spiro atoms. The van der Waals surface area contributed by atoms with E-state index < -0.39 is 0 Å². The Hall–Kier alpha value is -3.08. The zero-order chi connectivity index (χ0) is 20.4. The van der Waals surface area contributed by atoms with Crippen molar-refractivity contribution in [3.05, 3.63) is 76.6 Å². The minimum Gasteiger partial charge on any atom is -0.497 e. The maximum Gasteiger partial charge on any atom is 0.224 e. The van der Waals surface area contributed by atoms with Gasteiger partial charge in [0, 0.05) is 11.3 Å². The highest BCUT2D eigenvalue weighted by Crippen LogP contribution is 2.31. The first-order valence-electron chi connectivity index (χ1n) is 10.1. The van der Waals surface area contributed by atoms with Gasteiger partial charge in [0.2, 0.25) is 5.91 Å². The number of nitrogens with zero attached hydrogens (tertiary/aromatic N) is 2. The lowest BCUT2D eigenvalue weighted by atomic mass is 9.92. The van der Waals surface area contributed by atoms with Gasteiger partial charge in [-0.3, -0.25) is 4.79 Å². The topological polar surface area (TPSA) is 56.1 Å². The highest BCUT2D eigenvalue weighted by atomic mass is 16.5. The lowest BCUT2D eigenvalue weighted by Gasteiger charge is -2.24. The summed E-state index contributed by atoms with van der Waals surface area (Å²) in [6, 6.07) is 14.1. The van der Waals surface area contributed by atoms with Crippen molar-refractivity contribution in [1.82, 2.24) is 15.1 Å². The molecule has 0 bridgehead atoms. The molecule has 1 N–H and O–H groups in total. The predicted octanol–water partition coefficient (Wildman–Crippen LogP) is 4.23. The van der Waals surface area contributed by atoms with Gasteiger partial charge in [0.1, 0.15) is 5.75 Å². The van der Waals surface area contributed by atoms with E-state index in [0.29, 0.717) is 6.42 Å². The molecule has 0 saturated heterocycles. The number of rotatable bonds is 5. The molecule has 1 aliphatic carbocycles. The van der Waals surface area contributed by atoms with Gasteiger partial charge in [-0.05, 0) is 74.1 Å². The largest absolute Gasteiger partial charge is 0.497 e. The number of carbonyl (C=O) groups is 1. The van der Waals surface area contributed by atoms with Crippen LogP contribution in [0, 0.1) is 13.8 Å². The molecule has 0 saturated carbocycles. The summed E-state index contributed by atoms with van der Waals surface area (Å²) in [5.74, 6) is 0.831. The van der Waals surface area contributed by atoms with Crippen molar-refractivity contribution < 1.29 is 9.53 Å². The third-order valence-corrected chi connectivity index (χ3v) is 5.49. The van der Waals surface area contributed by atoms with Gasteiger partial charge in [-0.2, -0.15) is 5.10 Å². The van der Waals surface area contributed by atoms with Crippen LogP contribution in [-0.2, 0) is 17.6 Å². The maximum absolute atomic E-state index is 12.6. The van der Waals surface area contributed by atoms with Crippen LogP contribution in [0.4, 0.5) is 0 Å². The summed E-state index contributed by atoms with van der Waals surface area (Å²) in [5, 5.41) is 7.88. The molecule has 2 aromatic carbocycles. The van der Waals surface area contributed by atoms with E-state index in [4.69, 9.17) is 4.74 Å². The third-order valence-electron chi connectivity index (χ3n) is 5.49. The van der Waals surface area contributed by atoms with E-state index in [-0.39, 0.29) is 11.9 Å². The van der Waals surface area contributed by atoms with Crippen LogP contribution in [0.5, 0.6) is 5.75 Å². The van der Waals surface area contributed by atoms with Crippen LogP contribution in [0.15, 0.2) is 48.7 Å². The number of benzene rings is 2. The Morgan fingerprint density at radius 2 is 1.90 bits per heavy atom. The normalized spacial score (nSPS) is 15.6. The van der Waals surface area contributed by atoms with Gasteiger partial charge in [0.05, 0.1) is 31.5 Å². The zero-order valence-electron chi connectivity index (χ0n) is 17.2. The minimum atomic E-state index is 0.0177. The molecule has 1 amide bonds. The second-order valence-corrected chi connectivity index (χ2v) is 7.84. The van der Waals surface area contributed by atoms with Crippen molar-refractivity contribution in [2.45, 2.75) is 45.6 Å². The molecule has 5 heteroatoms. The Labute approximate surface area is 171 Å². The molecule has 150 valence electrons. The minimum absolute atomic E-state index is 0.0177. The lowest BCUT2D eigenvalue weighted by Crippen LogP contribution is -2.32. The van der Waals surface area contributed by atoms with E-state index in [9.17, 15) is 4.79 Å². The Morgan fingerprint density at radius 3 is 2.59 bits per heavy atom. The highest BCUT2D eigenvalue weighted by Gasteiger charge is 2.26. The zero-order valence-corrected chi connectivity index (χ0v) is 17.2. The van der Waals surface area contributed by atoms with Crippen LogP contribution in [0.25, 0.3) is 5.69 Å². The van der Waals surface area contributed by atoms with Crippen molar-refractivity contribution in [3.8, 4) is 11.4 Å². The number of aryl methyl sites for hydroxylation is 2. The van der Waals surface area contributed by atoms with Crippen LogP contribution in [0.2, 0.25) is 0 Å². The molecule has 0 aliphatic heterocycles. The Bertz CT molecular complexity index is 1000. The predicted molar refractivity (Wildman–Crippen MR) is 114 cm³/mol. The van der Waals surface area contributed by atoms with Crippen molar-refractivity contribution in [2.24, 2.45) is 0 Å². The van der Waals surface area contributed by atoms with Gasteiger partial charge in [-0.25, -0.2) is 4.68 Å². The number of nitrogens with one attached hydrogen (secondary N) is 1. The SMILES string of the molecule is COc1ccc(CC(=O)NC2CCCc3c2cnn3-c2cc(C)cc(C)c2)cc1. The molecule has 3 aromatic rings. The number of aromatic nitrogens is 2. The average molecular weight is 389 g/mol. The van der Waals surface area contributed by atoms with Crippen molar-refractivity contribution in [3.63, 3.8) is 0 Å². The fourth-order valence-electron chi connectivity index (χ4n) is 4.18.